The molecule has 3 aromatic heterocycles. The second kappa shape index (κ2) is 8.92. The lowest BCUT2D eigenvalue weighted by Crippen LogP contribution is -2.37. The number of thiophene rings is 1. The lowest BCUT2D eigenvalue weighted by atomic mass is 10.1. The van der Waals surface area contributed by atoms with Crippen molar-refractivity contribution in [3.63, 3.8) is 0 Å². The number of hydrogen-bond acceptors (Lipinski definition) is 6. The first kappa shape index (κ1) is 21.7. The molecule has 1 atom stereocenters. The number of carbonyl (C=O) groups excluding carboxylic acids is 2. The highest BCUT2D eigenvalue weighted by Gasteiger charge is 2.26. The Hall–Kier alpha value is -3.52. The molecule has 1 aromatic carbocycles. The monoisotopic (exact) mass is 448 g/mol. The molecule has 0 radical (unpaired) electrons. The molecule has 0 saturated carbocycles. The molecule has 0 spiro atoms. The third-order valence-corrected chi connectivity index (χ3v) is 6.12. The number of ether oxygens (including phenoxy) is 1. The number of benzene rings is 1. The highest BCUT2D eigenvalue weighted by molar-refractivity contribution is 7.13. The van der Waals surface area contributed by atoms with Crippen molar-refractivity contribution in [2.45, 2.75) is 26.5 Å². The molecule has 0 aliphatic carbocycles. The number of pyridine rings is 1. The molecule has 0 bridgehead atoms. The van der Waals surface area contributed by atoms with Gasteiger partial charge in [-0.2, -0.15) is 5.10 Å². The van der Waals surface area contributed by atoms with E-state index >= 15 is 0 Å². The van der Waals surface area contributed by atoms with Gasteiger partial charge in [0, 0.05) is 20.6 Å². The highest BCUT2D eigenvalue weighted by atomic mass is 32.1. The third kappa shape index (κ3) is 4.27. The van der Waals surface area contributed by atoms with Crippen LogP contribution in [0.25, 0.3) is 21.6 Å². The van der Waals surface area contributed by atoms with Gasteiger partial charge in [0.2, 0.25) is 0 Å². The van der Waals surface area contributed by atoms with E-state index in [0.29, 0.717) is 34.5 Å². The van der Waals surface area contributed by atoms with E-state index < -0.39 is 12.1 Å². The Morgan fingerprint density at radius 1 is 1.19 bits per heavy atom. The van der Waals surface area contributed by atoms with Gasteiger partial charge < -0.3 is 9.64 Å². The normalized spacial score (nSPS) is 12.0. The average Bonchev–Trinajstić information content (AvgIpc) is 3.42. The van der Waals surface area contributed by atoms with Gasteiger partial charge in [-0.3, -0.25) is 9.48 Å². The summed E-state index contributed by atoms with van der Waals surface area (Å²) >= 11 is 1.54. The van der Waals surface area contributed by atoms with Crippen LogP contribution in [0.4, 0.5) is 0 Å². The summed E-state index contributed by atoms with van der Waals surface area (Å²) in [5.41, 5.74) is 3.31. The number of carbonyl (C=O) groups is 2. The van der Waals surface area contributed by atoms with Crippen molar-refractivity contribution >= 4 is 34.2 Å². The van der Waals surface area contributed by atoms with E-state index in [4.69, 9.17) is 9.72 Å². The fourth-order valence-electron chi connectivity index (χ4n) is 3.68. The molecule has 7 nitrogen and oxygen atoms in total. The van der Waals surface area contributed by atoms with Gasteiger partial charge >= 0.3 is 5.97 Å². The summed E-state index contributed by atoms with van der Waals surface area (Å²) in [7, 11) is 3.49. The van der Waals surface area contributed by atoms with E-state index in [1.54, 1.807) is 36.7 Å². The first-order valence-electron chi connectivity index (χ1n) is 10.2. The van der Waals surface area contributed by atoms with Crippen LogP contribution < -0.4 is 0 Å². The number of nitrogens with zero attached hydrogens (tertiary/aromatic N) is 4. The van der Waals surface area contributed by atoms with E-state index in [-0.39, 0.29) is 5.91 Å². The molecule has 0 N–H and O–H groups in total. The molecule has 32 heavy (non-hydrogen) atoms. The molecule has 4 aromatic rings. The molecular formula is C24H24N4O3S. The molecule has 0 saturated heterocycles. The molecule has 1 amide bonds. The van der Waals surface area contributed by atoms with Crippen LogP contribution in [-0.2, 0) is 23.1 Å². The van der Waals surface area contributed by atoms with Crippen LogP contribution in [0, 0.1) is 6.92 Å². The third-order valence-electron chi connectivity index (χ3n) is 5.23. The van der Waals surface area contributed by atoms with Gasteiger partial charge in [-0.25, -0.2) is 9.78 Å². The van der Waals surface area contributed by atoms with E-state index in [1.807, 2.05) is 54.8 Å². The predicted octanol–water partition coefficient (Wildman–Crippen LogP) is 4.21. The van der Waals surface area contributed by atoms with Gasteiger partial charge in [-0.1, -0.05) is 36.4 Å². The highest BCUT2D eigenvalue weighted by Crippen LogP contribution is 2.29. The van der Waals surface area contributed by atoms with Crippen LogP contribution in [0.5, 0.6) is 0 Å². The minimum absolute atomic E-state index is 0.270. The lowest BCUT2D eigenvalue weighted by Gasteiger charge is -2.21. The average molecular weight is 449 g/mol. The molecule has 164 valence electrons. The zero-order valence-electron chi connectivity index (χ0n) is 18.4. The first-order chi connectivity index (χ1) is 15.3. The summed E-state index contributed by atoms with van der Waals surface area (Å²) in [6, 6.07) is 15.3. The Bertz CT molecular complexity index is 1270. The first-order valence-corrected chi connectivity index (χ1v) is 11.1. The van der Waals surface area contributed by atoms with Crippen molar-refractivity contribution < 1.29 is 14.3 Å². The minimum atomic E-state index is -0.929. The number of esters is 1. The van der Waals surface area contributed by atoms with Gasteiger partial charge in [0.15, 0.2) is 11.8 Å². The Morgan fingerprint density at radius 3 is 2.62 bits per heavy atom. The van der Waals surface area contributed by atoms with Crippen molar-refractivity contribution in [3.05, 3.63) is 70.7 Å². The van der Waals surface area contributed by atoms with E-state index in [2.05, 4.69) is 5.10 Å². The van der Waals surface area contributed by atoms with Crippen LogP contribution in [0.2, 0.25) is 0 Å². The quantitative estimate of drug-likeness (QED) is 0.413. The second-order valence-electron chi connectivity index (χ2n) is 7.67. The smallest absolute Gasteiger partial charge is 0.339 e. The largest absolute Gasteiger partial charge is 0.449 e. The number of aromatic nitrogens is 3. The number of hydrogen-bond donors (Lipinski definition) is 0. The van der Waals surface area contributed by atoms with Crippen LogP contribution in [-0.4, -0.2) is 44.7 Å². The zero-order valence-corrected chi connectivity index (χ0v) is 19.2. The molecule has 0 aliphatic rings. The van der Waals surface area contributed by atoms with Gasteiger partial charge in [-0.05, 0) is 36.9 Å². The summed E-state index contributed by atoms with van der Waals surface area (Å²) in [4.78, 5) is 33.2. The summed E-state index contributed by atoms with van der Waals surface area (Å²) in [5, 5.41) is 7.01. The second-order valence-corrected chi connectivity index (χ2v) is 8.62. The Balaban J connectivity index is 1.60. The SMILES string of the molecule is Cc1nn(C)c2nc(-c3cccs3)cc(C(=O)OC(C)C(=O)N(C)Cc3ccccc3)c12. The van der Waals surface area contributed by atoms with E-state index in [9.17, 15) is 9.59 Å². The summed E-state index contributed by atoms with van der Waals surface area (Å²) < 4.78 is 7.26. The maximum atomic E-state index is 13.2. The van der Waals surface area contributed by atoms with Crippen molar-refractivity contribution in [2.24, 2.45) is 7.05 Å². The summed E-state index contributed by atoms with van der Waals surface area (Å²) in [6.07, 6.45) is -0.929. The van der Waals surface area contributed by atoms with Gasteiger partial charge in [0.05, 0.1) is 27.2 Å². The standard InChI is InChI=1S/C24H24N4O3S/c1-15-21-18(13-19(20-11-8-12-32-20)25-22(21)28(4)26-15)24(30)31-16(2)23(29)27(3)14-17-9-6-5-7-10-17/h5-13,16H,14H2,1-4H3. The number of amides is 1. The predicted molar refractivity (Wildman–Crippen MR) is 124 cm³/mol. The van der Waals surface area contributed by atoms with Crippen molar-refractivity contribution in [3.8, 4) is 10.6 Å². The fraction of sp³-hybridized carbons (Fsp3) is 0.250. The van der Waals surface area contributed by atoms with Crippen LogP contribution >= 0.6 is 11.3 Å². The topological polar surface area (TPSA) is 77.3 Å². The van der Waals surface area contributed by atoms with Crippen LogP contribution in [0.3, 0.4) is 0 Å². The van der Waals surface area contributed by atoms with Crippen molar-refractivity contribution in [1.82, 2.24) is 19.7 Å². The van der Waals surface area contributed by atoms with E-state index in [1.165, 1.54) is 11.3 Å². The van der Waals surface area contributed by atoms with Crippen molar-refractivity contribution in [2.75, 3.05) is 7.05 Å². The minimum Gasteiger partial charge on any atom is -0.449 e. The Morgan fingerprint density at radius 2 is 1.94 bits per heavy atom. The Labute approximate surface area is 190 Å². The molecule has 0 fully saturated rings. The number of fused-ring (bicyclic) bond motifs is 1. The maximum absolute atomic E-state index is 13.2. The van der Waals surface area contributed by atoms with Crippen LogP contribution in [0.15, 0.2) is 53.9 Å². The molecular weight excluding hydrogens is 424 g/mol. The molecule has 4 rings (SSSR count). The molecule has 0 aliphatic heterocycles. The van der Waals surface area contributed by atoms with E-state index in [0.717, 1.165) is 10.4 Å². The van der Waals surface area contributed by atoms with Gasteiger partial charge in [0.1, 0.15) is 0 Å². The number of rotatable bonds is 6. The fourth-order valence-corrected chi connectivity index (χ4v) is 4.36. The van der Waals surface area contributed by atoms with Crippen LogP contribution in [0.1, 0.15) is 28.5 Å². The summed E-state index contributed by atoms with van der Waals surface area (Å²) in [6.45, 7) is 3.86. The maximum Gasteiger partial charge on any atom is 0.339 e. The Kier molecular flexibility index (Phi) is 6.05. The van der Waals surface area contributed by atoms with Crippen molar-refractivity contribution in [1.29, 1.82) is 0 Å². The zero-order chi connectivity index (χ0) is 22.8. The molecule has 1 unspecified atom stereocenters. The number of aryl methyl sites for hydroxylation is 2. The molecule has 3 heterocycles. The summed E-state index contributed by atoms with van der Waals surface area (Å²) in [5.74, 6) is -0.839. The van der Waals surface area contributed by atoms with Gasteiger partial charge in [-0.15, -0.1) is 11.3 Å². The van der Waals surface area contributed by atoms with Gasteiger partial charge in [0.25, 0.3) is 5.91 Å². The molecule has 8 heteroatoms. The number of likely N-dealkylation sites (N-methyl/N-ethyl adjacent to an activating group) is 1. The lowest BCUT2D eigenvalue weighted by molar-refractivity contribution is -0.139.